The smallest absolute Gasteiger partial charge is 0.410 e. The Labute approximate surface area is 121 Å². The summed E-state index contributed by atoms with van der Waals surface area (Å²) in [5.41, 5.74) is -0.444. The number of hydrogen-bond acceptors (Lipinski definition) is 4. The van der Waals surface area contributed by atoms with Crippen molar-refractivity contribution in [2.75, 3.05) is 19.6 Å². The van der Waals surface area contributed by atoms with E-state index in [1.807, 2.05) is 20.8 Å². The molecule has 2 atom stereocenters. The molecule has 1 aliphatic heterocycles. The number of amidine groups is 1. The first kappa shape index (κ1) is 15.1. The van der Waals surface area contributed by atoms with Gasteiger partial charge in [-0.15, -0.1) is 0 Å². The third-order valence-electron chi connectivity index (χ3n) is 3.73. The number of nitrogens with one attached hydrogen (secondary N) is 1. The topological polar surface area (TPSA) is 53.9 Å². The Morgan fingerprint density at radius 3 is 2.75 bits per heavy atom. The highest BCUT2D eigenvalue weighted by Crippen LogP contribution is 2.24. The van der Waals surface area contributed by atoms with Gasteiger partial charge in [0.15, 0.2) is 0 Å². The molecule has 1 amide bonds. The standard InChI is InChI=1S/C15H27N3O2/c1-11-5-6-12(9-11)17-13-10-18(8-7-16-13)14(19)20-15(2,3)4/h11-12H,5-10H2,1-4H3,(H,16,17). The molecule has 1 fully saturated rings. The molecule has 1 saturated carbocycles. The zero-order valence-electron chi connectivity index (χ0n) is 13.1. The second-order valence-electron chi connectivity index (χ2n) is 6.99. The molecule has 5 nitrogen and oxygen atoms in total. The summed E-state index contributed by atoms with van der Waals surface area (Å²) in [6.07, 6.45) is 3.44. The minimum Gasteiger partial charge on any atom is -0.444 e. The van der Waals surface area contributed by atoms with Crippen molar-refractivity contribution < 1.29 is 9.53 Å². The van der Waals surface area contributed by atoms with Crippen LogP contribution in [-0.4, -0.2) is 48.1 Å². The molecule has 1 N–H and O–H groups in total. The lowest BCUT2D eigenvalue weighted by atomic mass is 10.1. The monoisotopic (exact) mass is 281 g/mol. The van der Waals surface area contributed by atoms with Gasteiger partial charge in [0.2, 0.25) is 0 Å². The van der Waals surface area contributed by atoms with E-state index in [2.05, 4.69) is 17.2 Å². The minimum absolute atomic E-state index is 0.244. The maximum atomic E-state index is 12.1. The van der Waals surface area contributed by atoms with Crippen LogP contribution in [0, 0.1) is 5.92 Å². The van der Waals surface area contributed by atoms with Gasteiger partial charge in [0.05, 0.1) is 13.1 Å². The van der Waals surface area contributed by atoms with Crippen LogP contribution in [0.4, 0.5) is 4.79 Å². The second kappa shape index (κ2) is 6.02. The Morgan fingerprint density at radius 1 is 1.40 bits per heavy atom. The lowest BCUT2D eigenvalue weighted by molar-refractivity contribution is 0.0276. The summed E-state index contributed by atoms with van der Waals surface area (Å²) in [5, 5.41) is 3.50. The minimum atomic E-state index is -0.444. The molecule has 0 radical (unpaired) electrons. The van der Waals surface area contributed by atoms with Crippen LogP contribution in [0.25, 0.3) is 0 Å². The van der Waals surface area contributed by atoms with Crippen molar-refractivity contribution >= 4 is 11.9 Å². The molecule has 2 rings (SSSR count). The SMILES string of the molecule is CC1CCC(NC2=NCCN(C(=O)OC(C)(C)C)C2)C1. The third kappa shape index (κ3) is 4.39. The molecule has 2 unspecified atom stereocenters. The predicted octanol–water partition coefficient (Wildman–Crippen LogP) is 2.41. The number of amides is 1. The van der Waals surface area contributed by atoms with Crippen molar-refractivity contribution in [2.45, 2.75) is 58.6 Å². The van der Waals surface area contributed by atoms with Crippen molar-refractivity contribution in [2.24, 2.45) is 10.9 Å². The van der Waals surface area contributed by atoms with Gasteiger partial charge in [-0.2, -0.15) is 0 Å². The molecule has 1 heterocycles. The van der Waals surface area contributed by atoms with Gasteiger partial charge in [0, 0.05) is 12.6 Å². The summed E-state index contributed by atoms with van der Waals surface area (Å²) in [6, 6.07) is 0.516. The second-order valence-corrected chi connectivity index (χ2v) is 6.99. The first-order valence-corrected chi connectivity index (χ1v) is 7.61. The highest BCUT2D eigenvalue weighted by atomic mass is 16.6. The zero-order chi connectivity index (χ0) is 14.8. The normalized spacial score (nSPS) is 27.2. The van der Waals surface area contributed by atoms with Gasteiger partial charge in [-0.1, -0.05) is 6.92 Å². The van der Waals surface area contributed by atoms with Gasteiger partial charge in [0.1, 0.15) is 11.4 Å². The summed E-state index contributed by atoms with van der Waals surface area (Å²) < 4.78 is 5.42. The fourth-order valence-electron chi connectivity index (χ4n) is 2.76. The summed E-state index contributed by atoms with van der Waals surface area (Å²) in [5.74, 6) is 1.72. The molecule has 114 valence electrons. The van der Waals surface area contributed by atoms with E-state index in [1.165, 1.54) is 19.3 Å². The summed E-state index contributed by atoms with van der Waals surface area (Å²) in [4.78, 5) is 18.3. The molecule has 5 heteroatoms. The Bertz CT molecular complexity index is 387. The molecule has 1 aliphatic carbocycles. The van der Waals surface area contributed by atoms with E-state index in [4.69, 9.17) is 4.74 Å². The van der Waals surface area contributed by atoms with E-state index >= 15 is 0 Å². The molecule has 2 aliphatic rings. The fourth-order valence-corrected chi connectivity index (χ4v) is 2.76. The van der Waals surface area contributed by atoms with Crippen molar-refractivity contribution in [1.82, 2.24) is 10.2 Å². The molecule has 0 aromatic rings. The average Bonchev–Trinajstić information content (AvgIpc) is 2.73. The Morgan fingerprint density at radius 2 is 2.15 bits per heavy atom. The lowest BCUT2D eigenvalue weighted by Crippen LogP contribution is -2.49. The van der Waals surface area contributed by atoms with Crippen molar-refractivity contribution in [3.05, 3.63) is 0 Å². The van der Waals surface area contributed by atoms with Gasteiger partial charge in [0.25, 0.3) is 0 Å². The maximum Gasteiger partial charge on any atom is 0.410 e. The summed E-state index contributed by atoms with van der Waals surface area (Å²) in [6.45, 7) is 9.80. The number of hydrogen-bond donors (Lipinski definition) is 1. The van der Waals surface area contributed by atoms with E-state index in [0.717, 1.165) is 11.8 Å². The highest BCUT2D eigenvalue weighted by molar-refractivity contribution is 5.88. The van der Waals surface area contributed by atoms with Crippen LogP contribution in [0.1, 0.15) is 47.0 Å². The van der Waals surface area contributed by atoms with Gasteiger partial charge in [-0.3, -0.25) is 9.89 Å². The summed E-state index contributed by atoms with van der Waals surface area (Å²) >= 11 is 0. The number of carbonyl (C=O) groups excluding carboxylic acids is 1. The fraction of sp³-hybridized carbons (Fsp3) is 0.867. The van der Waals surface area contributed by atoms with Crippen LogP contribution in [-0.2, 0) is 4.74 Å². The van der Waals surface area contributed by atoms with Crippen LogP contribution in [0.5, 0.6) is 0 Å². The first-order valence-electron chi connectivity index (χ1n) is 7.61. The quantitative estimate of drug-likeness (QED) is 0.803. The molecular weight excluding hydrogens is 254 g/mol. The number of aliphatic imine (C=N–C) groups is 1. The lowest BCUT2D eigenvalue weighted by Gasteiger charge is -2.30. The van der Waals surface area contributed by atoms with Gasteiger partial charge in [-0.25, -0.2) is 4.79 Å². The van der Waals surface area contributed by atoms with E-state index < -0.39 is 5.60 Å². The van der Waals surface area contributed by atoms with Crippen LogP contribution in [0.15, 0.2) is 4.99 Å². The number of rotatable bonds is 1. The number of carbonyl (C=O) groups is 1. The van der Waals surface area contributed by atoms with E-state index in [9.17, 15) is 4.79 Å². The van der Waals surface area contributed by atoms with Crippen molar-refractivity contribution in [3.8, 4) is 0 Å². The van der Waals surface area contributed by atoms with Gasteiger partial charge in [-0.05, 0) is 46.0 Å². The van der Waals surface area contributed by atoms with E-state index in [0.29, 0.717) is 25.7 Å². The molecule has 0 aromatic carbocycles. The van der Waals surface area contributed by atoms with Crippen molar-refractivity contribution in [1.29, 1.82) is 0 Å². The molecule has 20 heavy (non-hydrogen) atoms. The third-order valence-corrected chi connectivity index (χ3v) is 3.73. The first-order chi connectivity index (χ1) is 9.33. The summed E-state index contributed by atoms with van der Waals surface area (Å²) in [7, 11) is 0. The van der Waals surface area contributed by atoms with E-state index in [1.54, 1.807) is 4.90 Å². The van der Waals surface area contributed by atoms with Gasteiger partial charge >= 0.3 is 6.09 Å². The molecule has 0 saturated heterocycles. The largest absolute Gasteiger partial charge is 0.444 e. The van der Waals surface area contributed by atoms with Gasteiger partial charge < -0.3 is 10.1 Å². The Hall–Kier alpha value is -1.26. The number of nitrogens with zero attached hydrogens (tertiary/aromatic N) is 2. The number of ether oxygens (including phenoxy) is 1. The van der Waals surface area contributed by atoms with Crippen molar-refractivity contribution in [3.63, 3.8) is 0 Å². The highest BCUT2D eigenvalue weighted by Gasteiger charge is 2.27. The molecular formula is C15H27N3O2. The predicted molar refractivity (Wildman–Crippen MR) is 80.0 cm³/mol. The van der Waals surface area contributed by atoms with Crippen LogP contribution < -0.4 is 5.32 Å². The van der Waals surface area contributed by atoms with Crippen LogP contribution >= 0.6 is 0 Å². The maximum absolute atomic E-state index is 12.1. The Kier molecular flexibility index (Phi) is 4.55. The Balaban J connectivity index is 1.85. The molecule has 0 spiro atoms. The van der Waals surface area contributed by atoms with Crippen LogP contribution in [0.3, 0.4) is 0 Å². The van der Waals surface area contributed by atoms with E-state index in [-0.39, 0.29) is 6.09 Å². The molecule has 0 bridgehead atoms. The van der Waals surface area contributed by atoms with Crippen LogP contribution in [0.2, 0.25) is 0 Å². The average molecular weight is 281 g/mol. The molecule has 0 aromatic heterocycles. The zero-order valence-corrected chi connectivity index (χ0v) is 13.1.